The smallest absolute Gasteiger partial charge is 0.147 e. The number of benzene rings is 4. The molecule has 0 amide bonds. The summed E-state index contributed by atoms with van der Waals surface area (Å²) in [7, 11) is 0. The first kappa shape index (κ1) is 25.7. The van der Waals surface area contributed by atoms with Crippen LogP contribution in [0.5, 0.6) is 11.5 Å². The van der Waals surface area contributed by atoms with Gasteiger partial charge in [-0.3, -0.25) is 8.80 Å². The van der Waals surface area contributed by atoms with E-state index in [1.165, 1.54) is 0 Å². The first-order valence-electron chi connectivity index (χ1n) is 15.5. The molecule has 4 aromatic carbocycles. The van der Waals surface area contributed by atoms with Gasteiger partial charge in [0, 0.05) is 57.5 Å². The first-order valence-corrected chi connectivity index (χ1v) is 15.5. The molecule has 10 rings (SSSR count). The topological polar surface area (TPSA) is 69.6 Å². The third-order valence-corrected chi connectivity index (χ3v) is 8.91. The number of pyridine rings is 4. The summed E-state index contributed by atoms with van der Waals surface area (Å²) in [5, 5.41) is 6.24. The van der Waals surface area contributed by atoms with Crippen molar-refractivity contribution in [2.45, 2.75) is 0 Å². The predicted octanol–water partition coefficient (Wildman–Crippen LogP) is 9.51. The van der Waals surface area contributed by atoms with Crippen molar-refractivity contribution in [2.75, 3.05) is 0 Å². The molecule has 0 aliphatic carbocycles. The highest BCUT2D eigenvalue weighted by molar-refractivity contribution is 6.13. The molecular weight excluding hydrogens is 580 g/mol. The first-order chi connectivity index (χ1) is 23.3. The lowest BCUT2D eigenvalue weighted by atomic mass is 10.0. The Morgan fingerprint density at radius 1 is 0.447 bits per heavy atom. The minimum absolute atomic E-state index is 0.717. The zero-order valence-corrected chi connectivity index (χ0v) is 24.9. The van der Waals surface area contributed by atoms with E-state index in [9.17, 15) is 0 Å². The van der Waals surface area contributed by atoms with E-state index in [2.05, 4.69) is 99.3 Å². The molecule has 0 unspecified atom stereocenters. The number of rotatable bonds is 4. The molecule has 47 heavy (non-hydrogen) atoms. The van der Waals surface area contributed by atoms with Crippen LogP contribution in [-0.2, 0) is 0 Å². The molecule has 6 heterocycles. The molecule has 7 heteroatoms. The summed E-state index contributed by atoms with van der Waals surface area (Å²) in [4.78, 5) is 19.5. The zero-order chi connectivity index (χ0) is 30.9. The van der Waals surface area contributed by atoms with Crippen LogP contribution in [0, 0.1) is 0 Å². The SMILES string of the molecule is c1ccc(-c2nc3c4cc(Oc5ccc6c7cccnc7n7ccnc7c6c5)ccc4c4cccnc4n3c2-c2ccccc2)cc1. The Balaban J connectivity index is 1.21. The van der Waals surface area contributed by atoms with Gasteiger partial charge >= 0.3 is 0 Å². The summed E-state index contributed by atoms with van der Waals surface area (Å²) >= 11 is 0. The van der Waals surface area contributed by atoms with E-state index >= 15 is 0 Å². The molecule has 0 spiro atoms. The molecule has 0 saturated heterocycles. The van der Waals surface area contributed by atoms with Crippen LogP contribution in [0.4, 0.5) is 0 Å². The Morgan fingerprint density at radius 3 is 1.72 bits per heavy atom. The summed E-state index contributed by atoms with van der Waals surface area (Å²) in [6.07, 6.45) is 7.41. The Hall–Kier alpha value is -6.60. The van der Waals surface area contributed by atoms with Crippen molar-refractivity contribution in [1.82, 2.24) is 28.7 Å². The average Bonchev–Trinajstić information content (AvgIpc) is 3.80. The van der Waals surface area contributed by atoms with Gasteiger partial charge in [0.1, 0.15) is 34.1 Å². The van der Waals surface area contributed by atoms with Crippen molar-refractivity contribution in [3.8, 4) is 34.0 Å². The van der Waals surface area contributed by atoms with Gasteiger partial charge in [-0.05, 0) is 71.4 Å². The van der Waals surface area contributed by atoms with E-state index in [4.69, 9.17) is 14.7 Å². The van der Waals surface area contributed by atoms with Crippen molar-refractivity contribution < 1.29 is 4.74 Å². The van der Waals surface area contributed by atoms with E-state index in [1.54, 1.807) is 0 Å². The van der Waals surface area contributed by atoms with E-state index in [-0.39, 0.29) is 0 Å². The van der Waals surface area contributed by atoms with Gasteiger partial charge in [-0.2, -0.15) is 0 Å². The van der Waals surface area contributed by atoms with Gasteiger partial charge in [0.25, 0.3) is 0 Å². The van der Waals surface area contributed by atoms with Crippen LogP contribution in [0.1, 0.15) is 0 Å². The third kappa shape index (κ3) is 3.87. The summed E-state index contributed by atoms with van der Waals surface area (Å²) < 4.78 is 10.8. The number of ether oxygens (including phenoxy) is 1. The van der Waals surface area contributed by atoms with Crippen LogP contribution < -0.4 is 4.74 Å². The third-order valence-electron chi connectivity index (χ3n) is 8.91. The van der Waals surface area contributed by atoms with Gasteiger partial charge < -0.3 is 4.74 Å². The molecule has 0 radical (unpaired) electrons. The van der Waals surface area contributed by atoms with Crippen molar-refractivity contribution in [2.24, 2.45) is 0 Å². The molecule has 220 valence electrons. The van der Waals surface area contributed by atoms with E-state index < -0.39 is 0 Å². The molecular formula is C40H24N6O. The van der Waals surface area contributed by atoms with Crippen LogP contribution >= 0.6 is 0 Å². The Kier molecular flexibility index (Phi) is 5.44. The van der Waals surface area contributed by atoms with Gasteiger partial charge in [-0.15, -0.1) is 0 Å². The fourth-order valence-electron chi connectivity index (χ4n) is 6.87. The van der Waals surface area contributed by atoms with Crippen LogP contribution in [0.25, 0.3) is 77.4 Å². The van der Waals surface area contributed by atoms with Crippen LogP contribution in [0.2, 0.25) is 0 Å². The summed E-state index contributed by atoms with van der Waals surface area (Å²) in [6, 6.07) is 41.3. The highest BCUT2D eigenvalue weighted by Crippen LogP contribution is 2.40. The van der Waals surface area contributed by atoms with Crippen molar-refractivity contribution in [1.29, 1.82) is 0 Å². The van der Waals surface area contributed by atoms with E-state index in [0.29, 0.717) is 5.75 Å². The van der Waals surface area contributed by atoms with Crippen molar-refractivity contribution >= 4 is 54.9 Å². The second kappa shape index (κ2) is 9.95. The standard InChI is InChI=1S/C40H24N6O/c1-3-9-25(10-4-1)35-36(26-11-5-2-6-12-26)46-39-32(14-8-20-42-39)30-18-16-28(24-34(30)40(46)44-35)47-27-15-17-29-31-13-7-19-41-37(31)45-22-21-43-38(45)33(29)23-27/h1-24H. The van der Waals surface area contributed by atoms with Gasteiger partial charge in [0.05, 0.1) is 11.4 Å². The van der Waals surface area contributed by atoms with Crippen LogP contribution in [0.3, 0.4) is 0 Å². The number of nitrogens with zero attached hydrogens (tertiary/aromatic N) is 6. The number of hydrogen-bond acceptors (Lipinski definition) is 5. The molecule has 0 aliphatic rings. The monoisotopic (exact) mass is 604 g/mol. The summed E-state index contributed by atoms with van der Waals surface area (Å²) in [5.41, 5.74) is 7.43. The van der Waals surface area contributed by atoms with Crippen molar-refractivity contribution in [3.63, 3.8) is 0 Å². The number of hydrogen-bond donors (Lipinski definition) is 0. The largest absolute Gasteiger partial charge is 0.457 e. The zero-order valence-electron chi connectivity index (χ0n) is 24.9. The van der Waals surface area contributed by atoms with E-state index in [1.807, 2.05) is 65.6 Å². The average molecular weight is 605 g/mol. The molecule has 0 aliphatic heterocycles. The minimum Gasteiger partial charge on any atom is -0.457 e. The molecule has 6 aromatic heterocycles. The maximum atomic E-state index is 6.59. The number of aromatic nitrogens is 6. The van der Waals surface area contributed by atoms with Gasteiger partial charge in [0.2, 0.25) is 0 Å². The Labute approximate surface area is 268 Å². The predicted molar refractivity (Wildman–Crippen MR) is 187 cm³/mol. The quantitative estimate of drug-likeness (QED) is 0.187. The Morgan fingerprint density at radius 2 is 1.02 bits per heavy atom. The van der Waals surface area contributed by atoms with Crippen LogP contribution in [-0.4, -0.2) is 28.7 Å². The maximum absolute atomic E-state index is 6.59. The maximum Gasteiger partial charge on any atom is 0.147 e. The highest BCUT2D eigenvalue weighted by Gasteiger charge is 2.21. The van der Waals surface area contributed by atoms with Crippen molar-refractivity contribution in [3.05, 3.63) is 146 Å². The van der Waals surface area contributed by atoms with Crippen LogP contribution in [0.15, 0.2) is 146 Å². The summed E-state index contributed by atoms with van der Waals surface area (Å²) in [5.74, 6) is 1.44. The second-order valence-corrected chi connectivity index (χ2v) is 11.6. The lowest BCUT2D eigenvalue weighted by molar-refractivity contribution is 0.484. The Bertz CT molecular complexity index is 2820. The fourth-order valence-corrected chi connectivity index (χ4v) is 6.87. The second-order valence-electron chi connectivity index (χ2n) is 11.6. The van der Waals surface area contributed by atoms with Gasteiger partial charge in [0.15, 0.2) is 0 Å². The molecule has 0 bridgehead atoms. The highest BCUT2D eigenvalue weighted by atomic mass is 16.5. The fraction of sp³-hybridized carbons (Fsp3) is 0. The normalized spacial score (nSPS) is 11.8. The number of imidazole rings is 2. The van der Waals surface area contributed by atoms with E-state index in [0.717, 1.165) is 83.2 Å². The minimum atomic E-state index is 0.717. The lowest BCUT2D eigenvalue weighted by Crippen LogP contribution is -1.97. The van der Waals surface area contributed by atoms with Gasteiger partial charge in [-0.1, -0.05) is 60.7 Å². The molecule has 0 saturated carbocycles. The lowest BCUT2D eigenvalue weighted by Gasteiger charge is -2.13. The molecule has 0 atom stereocenters. The molecule has 0 fully saturated rings. The molecule has 0 N–H and O–H groups in total. The summed E-state index contributed by atoms with van der Waals surface area (Å²) in [6.45, 7) is 0. The number of fused-ring (bicyclic) bond motifs is 12. The van der Waals surface area contributed by atoms with Gasteiger partial charge in [-0.25, -0.2) is 19.9 Å². The molecule has 10 aromatic rings. The molecule has 7 nitrogen and oxygen atoms in total.